The second-order valence-corrected chi connectivity index (χ2v) is 7.09. The van der Waals surface area contributed by atoms with Crippen LogP contribution in [-0.2, 0) is 16.6 Å². The molecule has 0 bridgehead atoms. The molecule has 0 saturated carbocycles. The van der Waals surface area contributed by atoms with Crippen molar-refractivity contribution in [3.05, 3.63) is 82.5 Å². The van der Waals surface area contributed by atoms with Crippen LogP contribution in [0.2, 0.25) is 5.02 Å². The van der Waals surface area contributed by atoms with Gasteiger partial charge in [-0.15, -0.1) is 0 Å². The molecule has 2 amide bonds. The average molecular weight is 453 g/mol. The fraction of sp³-hybridized carbons (Fsp3) is 0.130. The Morgan fingerprint density at radius 1 is 1.06 bits per heavy atom. The van der Waals surface area contributed by atoms with E-state index < -0.39 is 11.9 Å². The SMILES string of the molecule is CCOC(=O)c1cnn(C)c1NC(=O)c1ccc(NC(=O)C=Cc2ccc(Cl)cc2)cc1. The van der Waals surface area contributed by atoms with Gasteiger partial charge in [0.15, 0.2) is 0 Å². The van der Waals surface area contributed by atoms with Crippen LogP contribution in [-0.4, -0.2) is 34.2 Å². The summed E-state index contributed by atoms with van der Waals surface area (Å²) < 4.78 is 6.36. The molecule has 1 aromatic heterocycles. The number of hydrogen-bond acceptors (Lipinski definition) is 5. The highest BCUT2D eigenvalue weighted by Crippen LogP contribution is 2.18. The third-order valence-electron chi connectivity index (χ3n) is 4.38. The molecule has 0 saturated heterocycles. The van der Waals surface area contributed by atoms with Crippen LogP contribution in [0.15, 0.2) is 60.8 Å². The molecular formula is C23H21ClN4O4. The van der Waals surface area contributed by atoms with Crippen molar-refractivity contribution in [2.24, 2.45) is 7.05 Å². The number of esters is 1. The van der Waals surface area contributed by atoms with E-state index in [2.05, 4.69) is 15.7 Å². The van der Waals surface area contributed by atoms with Crippen LogP contribution in [0.3, 0.4) is 0 Å². The van der Waals surface area contributed by atoms with Gasteiger partial charge < -0.3 is 15.4 Å². The van der Waals surface area contributed by atoms with E-state index in [1.807, 2.05) is 0 Å². The molecule has 1 heterocycles. The minimum absolute atomic E-state index is 0.166. The number of ether oxygens (including phenoxy) is 1. The van der Waals surface area contributed by atoms with E-state index in [9.17, 15) is 14.4 Å². The third kappa shape index (κ3) is 5.83. The van der Waals surface area contributed by atoms with Gasteiger partial charge in [0.1, 0.15) is 11.4 Å². The predicted octanol–water partition coefficient (Wildman–Crippen LogP) is 4.15. The summed E-state index contributed by atoms with van der Waals surface area (Å²) >= 11 is 5.84. The van der Waals surface area contributed by atoms with Gasteiger partial charge in [-0.25, -0.2) is 4.79 Å². The summed E-state index contributed by atoms with van der Waals surface area (Å²) in [6.07, 6.45) is 4.41. The Labute approximate surface area is 189 Å². The average Bonchev–Trinajstić information content (AvgIpc) is 3.14. The maximum Gasteiger partial charge on any atom is 0.343 e. The molecule has 3 rings (SSSR count). The number of carbonyl (C=O) groups is 3. The molecule has 0 aliphatic heterocycles. The van der Waals surface area contributed by atoms with Gasteiger partial charge in [-0.05, 0) is 55.0 Å². The number of halogens is 1. The van der Waals surface area contributed by atoms with Crippen LogP contribution in [0, 0.1) is 0 Å². The number of anilines is 2. The van der Waals surface area contributed by atoms with E-state index in [-0.39, 0.29) is 23.9 Å². The number of aryl methyl sites for hydroxylation is 1. The quantitative estimate of drug-likeness (QED) is 0.414. The minimum atomic E-state index is -0.569. The van der Waals surface area contributed by atoms with Crippen molar-refractivity contribution in [3.63, 3.8) is 0 Å². The van der Waals surface area contributed by atoms with E-state index in [0.29, 0.717) is 16.3 Å². The first-order valence-corrected chi connectivity index (χ1v) is 10.1. The second-order valence-electron chi connectivity index (χ2n) is 6.66. The predicted molar refractivity (Wildman–Crippen MR) is 123 cm³/mol. The molecule has 8 nitrogen and oxygen atoms in total. The van der Waals surface area contributed by atoms with Crippen molar-refractivity contribution < 1.29 is 19.1 Å². The smallest absolute Gasteiger partial charge is 0.343 e. The van der Waals surface area contributed by atoms with Crippen molar-refractivity contribution in [1.82, 2.24) is 9.78 Å². The Kier molecular flexibility index (Phi) is 7.41. The van der Waals surface area contributed by atoms with Crippen LogP contribution < -0.4 is 10.6 Å². The number of carbonyl (C=O) groups excluding carboxylic acids is 3. The molecule has 0 aliphatic carbocycles. The molecule has 2 N–H and O–H groups in total. The zero-order valence-electron chi connectivity index (χ0n) is 17.5. The van der Waals surface area contributed by atoms with Gasteiger partial charge in [0, 0.05) is 29.4 Å². The molecule has 0 atom stereocenters. The third-order valence-corrected chi connectivity index (χ3v) is 4.63. The standard InChI is InChI=1S/C23H21ClN4O4/c1-3-32-23(31)19-14-25-28(2)21(19)27-22(30)16-7-11-18(12-8-16)26-20(29)13-6-15-4-9-17(24)10-5-15/h4-14H,3H2,1-2H3,(H,26,29)(H,27,30). The number of hydrogen-bond donors (Lipinski definition) is 2. The first kappa shape index (κ1) is 22.8. The van der Waals surface area contributed by atoms with Gasteiger partial charge in [-0.3, -0.25) is 14.3 Å². The van der Waals surface area contributed by atoms with Crippen LogP contribution in [0.25, 0.3) is 6.08 Å². The monoisotopic (exact) mass is 452 g/mol. The molecule has 0 aliphatic rings. The van der Waals surface area contributed by atoms with E-state index in [1.165, 1.54) is 17.0 Å². The number of rotatable bonds is 7. The lowest BCUT2D eigenvalue weighted by atomic mass is 10.2. The zero-order chi connectivity index (χ0) is 23.1. The number of amides is 2. The highest BCUT2D eigenvalue weighted by atomic mass is 35.5. The summed E-state index contributed by atoms with van der Waals surface area (Å²) in [7, 11) is 1.61. The lowest BCUT2D eigenvalue weighted by Crippen LogP contribution is -2.17. The van der Waals surface area contributed by atoms with Gasteiger partial charge in [0.2, 0.25) is 5.91 Å². The molecule has 2 aromatic carbocycles. The van der Waals surface area contributed by atoms with E-state index in [4.69, 9.17) is 16.3 Å². The highest BCUT2D eigenvalue weighted by molar-refractivity contribution is 6.30. The zero-order valence-corrected chi connectivity index (χ0v) is 18.2. The van der Waals surface area contributed by atoms with Gasteiger partial charge in [0.25, 0.3) is 5.91 Å². The second kappa shape index (κ2) is 10.4. The van der Waals surface area contributed by atoms with E-state index in [0.717, 1.165) is 5.56 Å². The van der Waals surface area contributed by atoms with Crippen molar-refractivity contribution in [3.8, 4) is 0 Å². The number of benzene rings is 2. The molecule has 0 unspecified atom stereocenters. The molecule has 0 spiro atoms. The van der Waals surface area contributed by atoms with Gasteiger partial charge in [-0.2, -0.15) is 5.10 Å². The lowest BCUT2D eigenvalue weighted by molar-refractivity contribution is -0.111. The van der Waals surface area contributed by atoms with Crippen molar-refractivity contribution in [2.75, 3.05) is 17.2 Å². The molecule has 32 heavy (non-hydrogen) atoms. The summed E-state index contributed by atoms with van der Waals surface area (Å²) in [5, 5.41) is 10.0. The topological polar surface area (TPSA) is 102 Å². The molecule has 0 radical (unpaired) electrons. The Morgan fingerprint density at radius 3 is 2.41 bits per heavy atom. The van der Waals surface area contributed by atoms with Gasteiger partial charge >= 0.3 is 5.97 Å². The van der Waals surface area contributed by atoms with Crippen molar-refractivity contribution in [1.29, 1.82) is 0 Å². The first-order chi connectivity index (χ1) is 15.4. The fourth-order valence-electron chi connectivity index (χ4n) is 2.76. The Morgan fingerprint density at radius 2 is 1.75 bits per heavy atom. The number of aromatic nitrogens is 2. The summed E-state index contributed by atoms with van der Waals surface area (Å²) in [6, 6.07) is 13.4. The van der Waals surface area contributed by atoms with Crippen LogP contribution in [0.5, 0.6) is 0 Å². The summed E-state index contributed by atoms with van der Waals surface area (Å²) in [4.78, 5) is 36.7. The largest absolute Gasteiger partial charge is 0.462 e. The van der Waals surface area contributed by atoms with Gasteiger partial charge in [-0.1, -0.05) is 23.7 Å². The van der Waals surface area contributed by atoms with Crippen molar-refractivity contribution >= 4 is 47.0 Å². The Hall–Kier alpha value is -3.91. The molecule has 0 fully saturated rings. The maximum absolute atomic E-state index is 12.6. The fourth-order valence-corrected chi connectivity index (χ4v) is 2.88. The normalized spacial score (nSPS) is 10.7. The van der Waals surface area contributed by atoms with Crippen molar-refractivity contribution in [2.45, 2.75) is 6.92 Å². The van der Waals surface area contributed by atoms with Crippen LogP contribution >= 0.6 is 11.6 Å². The summed E-state index contributed by atoms with van der Waals surface area (Å²) in [5.41, 5.74) is 1.88. The molecular weight excluding hydrogens is 432 g/mol. The minimum Gasteiger partial charge on any atom is -0.462 e. The van der Waals surface area contributed by atoms with E-state index in [1.54, 1.807) is 68.6 Å². The number of nitrogens with zero attached hydrogens (tertiary/aromatic N) is 2. The molecule has 9 heteroatoms. The summed E-state index contributed by atoms with van der Waals surface area (Å²) in [6.45, 7) is 1.91. The molecule has 164 valence electrons. The molecule has 3 aromatic rings. The summed E-state index contributed by atoms with van der Waals surface area (Å²) in [5.74, 6) is -1.08. The highest BCUT2D eigenvalue weighted by Gasteiger charge is 2.19. The van der Waals surface area contributed by atoms with Crippen LogP contribution in [0.1, 0.15) is 33.2 Å². The van der Waals surface area contributed by atoms with Crippen LogP contribution in [0.4, 0.5) is 11.5 Å². The number of nitrogens with one attached hydrogen (secondary N) is 2. The van der Waals surface area contributed by atoms with E-state index >= 15 is 0 Å². The Balaban J connectivity index is 1.62. The lowest BCUT2D eigenvalue weighted by Gasteiger charge is -2.09. The Bertz CT molecular complexity index is 1150. The maximum atomic E-state index is 12.6. The first-order valence-electron chi connectivity index (χ1n) is 9.72. The van der Waals surface area contributed by atoms with Gasteiger partial charge in [0.05, 0.1) is 12.8 Å².